The third-order valence-electron chi connectivity index (χ3n) is 5.33. The number of nitrogens with zero attached hydrogens (tertiary/aromatic N) is 3. The molecule has 3 aromatic rings. The number of hydrogen-bond donors (Lipinski definition) is 2. The molecule has 5 rings (SSSR count). The molecule has 2 N–H and O–H groups in total. The molecule has 1 unspecified atom stereocenters. The van der Waals surface area contributed by atoms with Crippen molar-refractivity contribution >= 4 is 16.7 Å². The van der Waals surface area contributed by atoms with Gasteiger partial charge in [0.05, 0.1) is 30.5 Å². The van der Waals surface area contributed by atoms with Crippen molar-refractivity contribution in [3.63, 3.8) is 0 Å². The van der Waals surface area contributed by atoms with E-state index < -0.39 is 0 Å². The van der Waals surface area contributed by atoms with Crippen molar-refractivity contribution in [1.82, 2.24) is 20.8 Å². The molecule has 27 heavy (non-hydrogen) atoms. The van der Waals surface area contributed by atoms with Crippen LogP contribution < -0.4 is 15.8 Å². The van der Waals surface area contributed by atoms with Crippen LogP contribution in [0.3, 0.4) is 0 Å². The van der Waals surface area contributed by atoms with Crippen LogP contribution in [0.5, 0.6) is 0 Å². The van der Waals surface area contributed by atoms with E-state index in [1.807, 2.05) is 6.20 Å². The van der Waals surface area contributed by atoms with Gasteiger partial charge < -0.3 is 9.64 Å². The maximum absolute atomic E-state index is 5.53. The predicted molar refractivity (Wildman–Crippen MR) is 107 cm³/mol. The van der Waals surface area contributed by atoms with Crippen molar-refractivity contribution in [3.05, 3.63) is 54.4 Å². The van der Waals surface area contributed by atoms with E-state index in [0.717, 1.165) is 61.7 Å². The maximum atomic E-state index is 5.53. The molecule has 6 heteroatoms. The van der Waals surface area contributed by atoms with Crippen LogP contribution in [0.15, 0.2) is 48.7 Å². The predicted octanol–water partition coefficient (Wildman–Crippen LogP) is 2.67. The number of pyridine rings is 2. The summed E-state index contributed by atoms with van der Waals surface area (Å²) < 4.78 is 5.53. The highest BCUT2D eigenvalue weighted by Crippen LogP contribution is 2.34. The number of hydrazine groups is 1. The molecule has 2 aliphatic rings. The van der Waals surface area contributed by atoms with Crippen LogP contribution in [-0.4, -0.2) is 42.8 Å². The molecule has 1 atom stereocenters. The number of benzene rings is 1. The zero-order valence-electron chi connectivity index (χ0n) is 15.2. The van der Waals surface area contributed by atoms with E-state index in [0.29, 0.717) is 0 Å². The van der Waals surface area contributed by atoms with Gasteiger partial charge in [0.2, 0.25) is 0 Å². The molecule has 2 fully saturated rings. The van der Waals surface area contributed by atoms with Crippen molar-refractivity contribution in [1.29, 1.82) is 0 Å². The number of morpholine rings is 1. The van der Waals surface area contributed by atoms with Crippen LogP contribution in [0.1, 0.15) is 18.2 Å². The molecule has 2 saturated heterocycles. The van der Waals surface area contributed by atoms with Crippen molar-refractivity contribution in [3.8, 4) is 11.1 Å². The Labute approximate surface area is 158 Å². The van der Waals surface area contributed by atoms with Crippen molar-refractivity contribution in [2.75, 3.05) is 37.7 Å². The fourth-order valence-electron chi connectivity index (χ4n) is 3.91. The monoisotopic (exact) mass is 361 g/mol. The lowest BCUT2D eigenvalue weighted by Crippen LogP contribution is -2.36. The van der Waals surface area contributed by atoms with Gasteiger partial charge in [-0.15, -0.1) is 0 Å². The fourth-order valence-corrected chi connectivity index (χ4v) is 3.91. The summed E-state index contributed by atoms with van der Waals surface area (Å²) in [6.07, 6.45) is 2.91. The lowest BCUT2D eigenvalue weighted by Gasteiger charge is -2.29. The minimum absolute atomic E-state index is 0.185. The second kappa shape index (κ2) is 7.23. The van der Waals surface area contributed by atoms with Gasteiger partial charge in [-0.2, -0.15) is 0 Å². The van der Waals surface area contributed by atoms with E-state index in [1.165, 1.54) is 11.1 Å². The Bertz CT molecular complexity index is 934. The van der Waals surface area contributed by atoms with E-state index >= 15 is 0 Å². The first-order chi connectivity index (χ1) is 13.4. The lowest BCUT2D eigenvalue weighted by molar-refractivity contribution is 0.122. The minimum Gasteiger partial charge on any atom is -0.378 e. The Hall–Kier alpha value is -2.54. The second-order valence-electron chi connectivity index (χ2n) is 7.00. The van der Waals surface area contributed by atoms with Gasteiger partial charge in [0.1, 0.15) is 5.82 Å². The van der Waals surface area contributed by atoms with Crippen molar-refractivity contribution in [2.45, 2.75) is 12.5 Å². The van der Waals surface area contributed by atoms with E-state index in [-0.39, 0.29) is 6.04 Å². The molecule has 0 bridgehead atoms. The molecule has 2 aromatic heterocycles. The summed E-state index contributed by atoms with van der Waals surface area (Å²) in [5, 5.41) is 1.15. The number of rotatable bonds is 3. The number of hydrogen-bond acceptors (Lipinski definition) is 6. The van der Waals surface area contributed by atoms with Crippen LogP contribution in [0.4, 0.5) is 5.82 Å². The molecule has 0 radical (unpaired) electrons. The van der Waals surface area contributed by atoms with Crippen LogP contribution in [0.2, 0.25) is 0 Å². The smallest absolute Gasteiger partial charge is 0.130 e. The molecule has 1 aromatic carbocycles. The van der Waals surface area contributed by atoms with E-state index in [2.05, 4.69) is 58.2 Å². The second-order valence-corrected chi connectivity index (χ2v) is 7.00. The summed E-state index contributed by atoms with van der Waals surface area (Å²) in [5.74, 6) is 1.00. The van der Waals surface area contributed by atoms with E-state index in [1.54, 1.807) is 0 Å². The van der Waals surface area contributed by atoms with Gasteiger partial charge in [0.25, 0.3) is 0 Å². The molecular weight excluding hydrogens is 338 g/mol. The average molecular weight is 361 g/mol. The maximum Gasteiger partial charge on any atom is 0.130 e. The van der Waals surface area contributed by atoms with Crippen molar-refractivity contribution < 1.29 is 4.74 Å². The summed E-state index contributed by atoms with van der Waals surface area (Å²) >= 11 is 0. The Morgan fingerprint density at radius 3 is 2.70 bits per heavy atom. The van der Waals surface area contributed by atoms with Crippen LogP contribution in [-0.2, 0) is 4.74 Å². The van der Waals surface area contributed by atoms with E-state index in [4.69, 9.17) is 14.7 Å². The number of aromatic nitrogens is 2. The zero-order valence-corrected chi connectivity index (χ0v) is 15.2. The van der Waals surface area contributed by atoms with E-state index in [9.17, 15) is 0 Å². The molecule has 0 saturated carbocycles. The van der Waals surface area contributed by atoms with Crippen LogP contribution in [0, 0.1) is 0 Å². The van der Waals surface area contributed by atoms with Gasteiger partial charge in [0, 0.05) is 31.2 Å². The highest BCUT2D eigenvalue weighted by atomic mass is 16.5. The Kier molecular flexibility index (Phi) is 4.45. The topological polar surface area (TPSA) is 62.3 Å². The summed E-state index contributed by atoms with van der Waals surface area (Å²) in [7, 11) is 0. The summed E-state index contributed by atoms with van der Waals surface area (Å²) in [4.78, 5) is 12.1. The SMILES string of the molecule is c1ccc(-c2cc(N3CCOCC3)nc3c(C4CCNN4)nccc23)cc1. The number of fused-ring (bicyclic) bond motifs is 1. The molecule has 2 aliphatic heterocycles. The normalized spacial score (nSPS) is 20.3. The minimum atomic E-state index is 0.185. The standard InChI is InChI=1S/C21H23N5O/c1-2-4-15(5-3-1)17-14-19(26-10-12-27-13-11-26)24-20-16(17)6-8-22-21(20)18-7-9-23-25-18/h1-6,8,14,18,23,25H,7,9-13H2. The summed E-state index contributed by atoms with van der Waals surface area (Å²) in [6, 6.07) is 15.0. The third kappa shape index (κ3) is 3.16. The highest BCUT2D eigenvalue weighted by molar-refractivity contribution is 5.97. The molecule has 0 amide bonds. The fraction of sp³-hybridized carbons (Fsp3) is 0.333. The summed E-state index contributed by atoms with van der Waals surface area (Å²) in [6.45, 7) is 4.16. The first kappa shape index (κ1) is 16.6. The Morgan fingerprint density at radius 2 is 1.93 bits per heavy atom. The lowest BCUT2D eigenvalue weighted by atomic mass is 9.99. The molecule has 6 nitrogen and oxygen atoms in total. The molecule has 4 heterocycles. The van der Waals surface area contributed by atoms with Gasteiger partial charge in [-0.05, 0) is 29.7 Å². The van der Waals surface area contributed by atoms with Crippen molar-refractivity contribution in [2.24, 2.45) is 0 Å². The van der Waals surface area contributed by atoms with Crippen LogP contribution >= 0.6 is 0 Å². The first-order valence-corrected chi connectivity index (χ1v) is 9.56. The molecular formula is C21H23N5O. The number of nitrogens with one attached hydrogen (secondary N) is 2. The van der Waals surface area contributed by atoms with Gasteiger partial charge in [-0.1, -0.05) is 30.3 Å². The number of ether oxygens (including phenoxy) is 1. The summed E-state index contributed by atoms with van der Waals surface area (Å²) in [5.41, 5.74) is 11.0. The average Bonchev–Trinajstić information content (AvgIpc) is 3.28. The van der Waals surface area contributed by atoms with Gasteiger partial charge in [-0.25, -0.2) is 10.4 Å². The van der Waals surface area contributed by atoms with Gasteiger partial charge >= 0.3 is 0 Å². The zero-order chi connectivity index (χ0) is 18.1. The van der Waals surface area contributed by atoms with Gasteiger partial charge in [0.15, 0.2) is 0 Å². The highest BCUT2D eigenvalue weighted by Gasteiger charge is 2.23. The third-order valence-corrected chi connectivity index (χ3v) is 5.33. The molecule has 0 aliphatic carbocycles. The first-order valence-electron chi connectivity index (χ1n) is 9.56. The van der Waals surface area contributed by atoms with Crippen LogP contribution in [0.25, 0.3) is 22.0 Å². The molecule has 138 valence electrons. The number of anilines is 1. The largest absolute Gasteiger partial charge is 0.378 e. The Balaban J connectivity index is 1.72. The molecule has 0 spiro atoms. The van der Waals surface area contributed by atoms with Gasteiger partial charge in [-0.3, -0.25) is 10.4 Å². The quantitative estimate of drug-likeness (QED) is 0.748. The Morgan fingerprint density at radius 1 is 1.07 bits per heavy atom.